The molecule has 1 aromatic heterocycles. The Morgan fingerprint density at radius 3 is 1.75 bits per heavy atom. The standard InChI is InChI=1S/C54H83N3O17P2/c1-3-5-7-9-11-13-15-17-18-19-20-21-22-23-25-27-29-31-33-37-50(61)72-44(41-69-49(60)38-34-36-46(59)45(58)35-32-30-28-26-24-16-14-12-10-8-6-4-2)42-70-75(65,66)74-76(67,68)71-43-47-51(62)52(63)53(73-47)57-40-39-48(55)56-54(57)64/h5-8,11-14,17-18,20-21,23-26,30,32,39-40,44-47,51-53,58-59,62-63H,3-4,9-10,15-16,19,22,27-29,31,33-38,41-43H2,1-2H3,(H,65,66)(H,67,68)(H2,55,56,64)/b7-5-,8-6-,13-11-,14-12-,18-17-,21-20-,25-23-,26-24-,32-30-/t44-,45+,46+,47-,51-,52-,53-/m1/s1. The maximum absolute atomic E-state index is 12.9. The van der Waals surface area contributed by atoms with Gasteiger partial charge in [-0.2, -0.15) is 9.29 Å². The number of carbonyl (C=O) groups excluding carboxylic acids is 2. The number of rotatable bonds is 41. The van der Waals surface area contributed by atoms with Crippen LogP contribution in [0.1, 0.15) is 136 Å². The summed E-state index contributed by atoms with van der Waals surface area (Å²) in [5, 5.41) is 41.8. The molecule has 0 spiro atoms. The fraction of sp³-hybridized carbons (Fsp3) is 0.556. The van der Waals surface area contributed by atoms with Gasteiger partial charge in [0.15, 0.2) is 12.3 Å². The van der Waals surface area contributed by atoms with Crippen LogP contribution in [0.2, 0.25) is 0 Å². The zero-order valence-electron chi connectivity index (χ0n) is 44.0. The molecule has 20 nitrogen and oxygen atoms in total. The number of nitrogens with two attached hydrogens (primary N) is 1. The van der Waals surface area contributed by atoms with Crippen LogP contribution in [-0.2, 0) is 46.3 Å². The minimum atomic E-state index is -5.51. The molecule has 0 saturated carbocycles. The van der Waals surface area contributed by atoms with Crippen LogP contribution in [0.3, 0.4) is 0 Å². The first-order valence-electron chi connectivity index (χ1n) is 26.1. The highest BCUT2D eigenvalue weighted by Crippen LogP contribution is 2.60. The number of aromatic nitrogens is 2. The molecule has 1 aliphatic rings. The molecular formula is C54H83N3O17P2. The van der Waals surface area contributed by atoms with Gasteiger partial charge in [0, 0.05) is 19.0 Å². The fourth-order valence-corrected chi connectivity index (χ4v) is 9.07. The average Bonchev–Trinajstić information content (AvgIpc) is 3.65. The second-order valence-corrected chi connectivity index (χ2v) is 20.6. The lowest BCUT2D eigenvalue weighted by Gasteiger charge is -2.21. The number of ether oxygens (including phenoxy) is 3. The highest BCUT2D eigenvalue weighted by Gasteiger charge is 2.46. The molecule has 426 valence electrons. The first kappa shape index (κ1) is 67.4. The lowest BCUT2D eigenvalue weighted by atomic mass is 10.0. The third kappa shape index (κ3) is 32.2. The van der Waals surface area contributed by atoms with Crippen molar-refractivity contribution in [2.24, 2.45) is 0 Å². The van der Waals surface area contributed by atoms with Gasteiger partial charge >= 0.3 is 33.3 Å². The molecule has 22 heteroatoms. The zero-order chi connectivity index (χ0) is 55.9. The molecule has 2 rings (SSSR count). The van der Waals surface area contributed by atoms with Gasteiger partial charge < -0.3 is 50.2 Å². The number of hydrogen-bond donors (Lipinski definition) is 7. The van der Waals surface area contributed by atoms with E-state index in [9.17, 15) is 53.7 Å². The normalized spacial score (nSPS) is 20.4. The Bertz CT molecular complexity index is 2240. The molecule has 9 atom stereocenters. The number of unbranched alkanes of at least 4 members (excludes halogenated alkanes) is 3. The van der Waals surface area contributed by atoms with Crippen molar-refractivity contribution < 1.29 is 76.5 Å². The van der Waals surface area contributed by atoms with Crippen LogP contribution in [0.25, 0.3) is 0 Å². The van der Waals surface area contributed by atoms with Gasteiger partial charge in [-0.05, 0) is 102 Å². The number of nitrogens with zero attached hydrogens (tertiary/aromatic N) is 2. The number of anilines is 1. The number of nitrogen functional groups attached to an aromatic ring is 1. The van der Waals surface area contributed by atoms with E-state index in [0.29, 0.717) is 19.3 Å². The molecule has 1 fully saturated rings. The van der Waals surface area contributed by atoms with Crippen molar-refractivity contribution >= 4 is 33.4 Å². The Kier molecular flexibility index (Phi) is 36.0. The number of aliphatic hydroxyl groups excluding tert-OH is 4. The van der Waals surface area contributed by atoms with Gasteiger partial charge in [0.05, 0.1) is 25.4 Å². The summed E-state index contributed by atoms with van der Waals surface area (Å²) < 4.78 is 56.6. The van der Waals surface area contributed by atoms with E-state index in [2.05, 4.69) is 108 Å². The van der Waals surface area contributed by atoms with E-state index < -0.39 is 95.9 Å². The summed E-state index contributed by atoms with van der Waals surface area (Å²) in [4.78, 5) is 62.0. The number of esters is 2. The topological polar surface area (TPSA) is 306 Å². The third-order valence-corrected chi connectivity index (χ3v) is 13.7. The van der Waals surface area contributed by atoms with Gasteiger partial charge in [-0.15, -0.1) is 0 Å². The van der Waals surface area contributed by atoms with Gasteiger partial charge in [-0.3, -0.25) is 23.2 Å². The highest BCUT2D eigenvalue weighted by atomic mass is 31.3. The van der Waals surface area contributed by atoms with Crippen LogP contribution in [0.4, 0.5) is 5.82 Å². The summed E-state index contributed by atoms with van der Waals surface area (Å²) in [7, 11) is -11.0. The van der Waals surface area contributed by atoms with E-state index in [4.69, 9.17) is 29.0 Å². The minimum Gasteiger partial charge on any atom is -0.462 e. The molecule has 0 aliphatic carbocycles. The molecular weight excluding hydrogens is 1020 g/mol. The molecule has 0 bridgehead atoms. The van der Waals surface area contributed by atoms with Crippen molar-refractivity contribution in [3.63, 3.8) is 0 Å². The number of phosphoric ester groups is 2. The van der Waals surface area contributed by atoms with E-state index in [1.807, 2.05) is 18.2 Å². The van der Waals surface area contributed by atoms with E-state index in [-0.39, 0.29) is 37.9 Å². The van der Waals surface area contributed by atoms with E-state index in [1.54, 1.807) is 6.08 Å². The summed E-state index contributed by atoms with van der Waals surface area (Å²) in [5.41, 5.74) is 4.56. The van der Waals surface area contributed by atoms with Crippen LogP contribution in [0.5, 0.6) is 0 Å². The summed E-state index contributed by atoms with van der Waals surface area (Å²) in [6, 6.07) is 1.23. The highest BCUT2D eigenvalue weighted by molar-refractivity contribution is 7.61. The molecule has 0 radical (unpaired) electrons. The Morgan fingerprint density at radius 1 is 0.684 bits per heavy atom. The Labute approximate surface area is 447 Å². The number of allylic oxidation sites excluding steroid dienone is 17. The predicted molar refractivity (Wildman–Crippen MR) is 291 cm³/mol. The molecule has 0 aromatic carbocycles. The van der Waals surface area contributed by atoms with E-state index >= 15 is 0 Å². The van der Waals surface area contributed by atoms with Crippen LogP contribution in [-0.4, -0.2) is 108 Å². The lowest BCUT2D eigenvalue weighted by molar-refractivity contribution is -0.161. The Hall–Kier alpha value is -4.66. The van der Waals surface area contributed by atoms with E-state index in [1.165, 1.54) is 6.07 Å². The smallest absolute Gasteiger partial charge is 0.462 e. The first-order chi connectivity index (χ1) is 36.5. The van der Waals surface area contributed by atoms with Gasteiger partial charge in [0.1, 0.15) is 30.7 Å². The quantitative estimate of drug-likeness (QED) is 0.0139. The van der Waals surface area contributed by atoms with E-state index in [0.717, 1.165) is 75.0 Å². The van der Waals surface area contributed by atoms with Gasteiger partial charge in [0.25, 0.3) is 0 Å². The second kappa shape index (κ2) is 40.5. The zero-order valence-corrected chi connectivity index (χ0v) is 45.8. The number of carbonyl (C=O) groups is 2. The first-order valence-corrected chi connectivity index (χ1v) is 29.1. The molecule has 0 amide bonds. The van der Waals surface area contributed by atoms with Crippen molar-refractivity contribution in [1.82, 2.24) is 9.55 Å². The van der Waals surface area contributed by atoms with Crippen molar-refractivity contribution in [1.29, 1.82) is 0 Å². The Morgan fingerprint density at radius 2 is 1.20 bits per heavy atom. The Balaban J connectivity index is 1.88. The molecule has 1 aliphatic heterocycles. The molecule has 2 unspecified atom stereocenters. The minimum absolute atomic E-state index is 0.0572. The van der Waals surface area contributed by atoms with Crippen molar-refractivity contribution in [3.05, 3.63) is 132 Å². The summed E-state index contributed by atoms with van der Waals surface area (Å²) >= 11 is 0. The van der Waals surface area contributed by atoms with Crippen LogP contribution < -0.4 is 11.4 Å². The van der Waals surface area contributed by atoms with Crippen LogP contribution >= 0.6 is 15.6 Å². The molecule has 2 heterocycles. The fourth-order valence-electron chi connectivity index (χ4n) is 6.96. The van der Waals surface area contributed by atoms with Crippen molar-refractivity contribution in [3.8, 4) is 0 Å². The van der Waals surface area contributed by atoms with Crippen molar-refractivity contribution in [2.75, 3.05) is 25.6 Å². The summed E-state index contributed by atoms with van der Waals surface area (Å²) in [6.45, 7) is 1.60. The summed E-state index contributed by atoms with van der Waals surface area (Å²) in [5.74, 6) is -1.65. The predicted octanol–water partition coefficient (Wildman–Crippen LogP) is 8.94. The number of aliphatic hydroxyl groups is 4. The average molecular weight is 1110 g/mol. The monoisotopic (exact) mass is 1110 g/mol. The number of phosphoric acid groups is 2. The second-order valence-electron chi connectivity index (χ2n) is 17.6. The van der Waals surface area contributed by atoms with Gasteiger partial charge in [-0.1, -0.05) is 130 Å². The molecule has 1 saturated heterocycles. The van der Waals surface area contributed by atoms with Crippen LogP contribution in [0.15, 0.2) is 126 Å². The lowest BCUT2D eigenvalue weighted by Crippen LogP contribution is -2.36. The number of hydrogen-bond acceptors (Lipinski definition) is 17. The van der Waals surface area contributed by atoms with Crippen LogP contribution in [0, 0.1) is 0 Å². The molecule has 76 heavy (non-hydrogen) atoms. The van der Waals surface area contributed by atoms with Gasteiger partial charge in [-0.25, -0.2) is 13.9 Å². The molecule has 8 N–H and O–H groups in total. The largest absolute Gasteiger partial charge is 0.481 e. The molecule has 1 aromatic rings. The SMILES string of the molecule is CC/C=C\C/C=C\C/C=C\C/C=C\C/C=C\CCCCCC(=O)O[C@H](COC(=O)CCC[C@H](O)[C@@H](O)C/C=C\C/C=C\C/C=C\C/C=C\CC)COP(=O)(O)OP(=O)(O)OC[C@H]1O[C@@H](n2ccc(N)nc2=O)[C@H](O)[C@@H]1O. The third-order valence-electron chi connectivity index (χ3n) is 11.1. The van der Waals surface area contributed by atoms with Crippen molar-refractivity contribution in [2.45, 2.75) is 172 Å². The maximum Gasteiger partial charge on any atom is 0.481 e. The van der Waals surface area contributed by atoms with Gasteiger partial charge in [0.2, 0.25) is 0 Å². The maximum atomic E-state index is 12.9. The summed E-state index contributed by atoms with van der Waals surface area (Å²) in [6.07, 6.45) is 39.0.